The summed E-state index contributed by atoms with van der Waals surface area (Å²) in [5.74, 6) is 0. The van der Waals surface area contributed by atoms with Gasteiger partial charge in [-0.1, -0.05) is 24.3 Å². The van der Waals surface area contributed by atoms with Gasteiger partial charge in [-0.3, -0.25) is 0 Å². The molecule has 11 heavy (non-hydrogen) atoms. The highest BCUT2D eigenvalue weighted by Gasteiger charge is 1.96. The summed E-state index contributed by atoms with van der Waals surface area (Å²) in [7, 11) is 0. The molecule has 0 heterocycles. The minimum atomic E-state index is 0.639. The molecule has 0 fully saturated rings. The largest absolute Gasteiger partial charge is 0.397 e. The lowest BCUT2D eigenvalue weighted by Crippen LogP contribution is -1.95. The molecule has 0 aliphatic carbocycles. The summed E-state index contributed by atoms with van der Waals surface area (Å²) >= 11 is 0. The van der Waals surface area contributed by atoms with Crippen LogP contribution in [0.3, 0.4) is 0 Å². The molecule has 0 unspecified atom stereocenters. The quantitative estimate of drug-likeness (QED) is 0.597. The van der Waals surface area contributed by atoms with Gasteiger partial charge in [0.1, 0.15) is 0 Å². The minimum absolute atomic E-state index is 0.639. The van der Waals surface area contributed by atoms with Crippen LogP contribution in [0.5, 0.6) is 0 Å². The van der Waals surface area contributed by atoms with Crippen molar-refractivity contribution in [2.75, 3.05) is 11.5 Å². The van der Waals surface area contributed by atoms with E-state index in [0.29, 0.717) is 11.4 Å². The van der Waals surface area contributed by atoms with Gasteiger partial charge in [0.2, 0.25) is 0 Å². The van der Waals surface area contributed by atoms with E-state index in [2.05, 4.69) is 0 Å². The summed E-state index contributed by atoms with van der Waals surface area (Å²) < 4.78 is 0. The van der Waals surface area contributed by atoms with Crippen molar-refractivity contribution >= 4 is 17.5 Å². The van der Waals surface area contributed by atoms with Gasteiger partial charge >= 0.3 is 0 Å². The van der Waals surface area contributed by atoms with Crippen molar-refractivity contribution in [2.24, 2.45) is 0 Å². The van der Waals surface area contributed by atoms with Crippen LogP contribution in [0.25, 0.3) is 6.08 Å². The Morgan fingerprint density at radius 1 is 1.27 bits per heavy atom. The van der Waals surface area contributed by atoms with Crippen molar-refractivity contribution in [1.82, 2.24) is 0 Å². The molecule has 0 spiro atoms. The predicted molar refractivity (Wildman–Crippen MR) is 50.0 cm³/mol. The molecule has 2 nitrogen and oxygen atoms in total. The third kappa shape index (κ3) is 1.52. The number of nitrogens with two attached hydrogens (primary N) is 2. The third-order valence-corrected chi connectivity index (χ3v) is 1.52. The van der Waals surface area contributed by atoms with Gasteiger partial charge in [0, 0.05) is 0 Å². The first-order valence-corrected chi connectivity index (χ1v) is 3.52. The highest BCUT2D eigenvalue weighted by molar-refractivity contribution is 5.75. The molecule has 0 aliphatic heterocycles. The zero-order valence-corrected chi connectivity index (χ0v) is 6.54. The number of hydrogen-bond donors (Lipinski definition) is 2. The molecule has 0 atom stereocenters. The van der Waals surface area contributed by atoms with Gasteiger partial charge in [0.25, 0.3) is 0 Å². The first-order valence-electron chi connectivity index (χ1n) is 3.52. The van der Waals surface area contributed by atoms with Crippen molar-refractivity contribution in [3.05, 3.63) is 29.8 Å². The lowest BCUT2D eigenvalue weighted by Gasteiger charge is -2.02. The molecule has 0 aliphatic rings. The molecule has 58 valence electrons. The lowest BCUT2D eigenvalue weighted by molar-refractivity contribution is 1.61. The predicted octanol–water partition coefficient (Wildman–Crippen LogP) is 1.88. The van der Waals surface area contributed by atoms with Gasteiger partial charge in [0.05, 0.1) is 11.4 Å². The number of benzene rings is 1. The van der Waals surface area contributed by atoms with Gasteiger partial charge in [-0.05, 0) is 18.6 Å². The number of anilines is 2. The maximum absolute atomic E-state index is 5.69. The van der Waals surface area contributed by atoms with Crippen molar-refractivity contribution in [3.8, 4) is 0 Å². The summed E-state index contributed by atoms with van der Waals surface area (Å²) in [6, 6.07) is 5.62. The highest BCUT2D eigenvalue weighted by atomic mass is 14.7. The summed E-state index contributed by atoms with van der Waals surface area (Å²) in [6.07, 6.45) is 3.87. The first kappa shape index (κ1) is 7.66. The molecule has 0 saturated carbocycles. The number of hydrogen-bond acceptors (Lipinski definition) is 2. The summed E-state index contributed by atoms with van der Waals surface area (Å²) in [4.78, 5) is 0. The van der Waals surface area contributed by atoms with Crippen molar-refractivity contribution in [3.63, 3.8) is 0 Å². The zero-order valence-electron chi connectivity index (χ0n) is 6.54. The second-order valence-electron chi connectivity index (χ2n) is 2.35. The van der Waals surface area contributed by atoms with Crippen LogP contribution in [-0.4, -0.2) is 0 Å². The Bertz CT molecular complexity index is 277. The Labute approximate surface area is 66.5 Å². The fraction of sp³-hybridized carbons (Fsp3) is 0.111. The molecule has 0 amide bonds. The maximum atomic E-state index is 5.69. The van der Waals surface area contributed by atoms with Crippen molar-refractivity contribution < 1.29 is 0 Å². The van der Waals surface area contributed by atoms with E-state index in [4.69, 9.17) is 11.5 Å². The van der Waals surface area contributed by atoms with Crippen molar-refractivity contribution in [2.45, 2.75) is 6.92 Å². The summed E-state index contributed by atoms with van der Waals surface area (Å²) in [6.45, 7) is 1.95. The van der Waals surface area contributed by atoms with Gasteiger partial charge in [-0.25, -0.2) is 0 Å². The zero-order chi connectivity index (χ0) is 8.27. The molecule has 0 aromatic heterocycles. The molecule has 1 rings (SSSR count). The molecule has 0 bridgehead atoms. The molecule has 1 aromatic carbocycles. The number of rotatable bonds is 1. The first-order chi connectivity index (χ1) is 5.25. The average Bonchev–Trinajstić information content (AvgIpc) is 1.99. The lowest BCUT2D eigenvalue weighted by atomic mass is 10.1. The standard InChI is InChI=1S/C9H12N2/c1-2-4-7-5-3-6-8(10)9(7)11/h2-6H,10-11H2,1H3. The van der Waals surface area contributed by atoms with Crippen LogP contribution in [0.4, 0.5) is 11.4 Å². The van der Waals surface area contributed by atoms with Gasteiger partial charge in [-0.15, -0.1) is 0 Å². The van der Waals surface area contributed by atoms with Crippen LogP contribution in [0.2, 0.25) is 0 Å². The monoisotopic (exact) mass is 148 g/mol. The fourth-order valence-electron chi connectivity index (χ4n) is 0.927. The van der Waals surface area contributed by atoms with Gasteiger partial charge in [0.15, 0.2) is 0 Å². The fourth-order valence-corrected chi connectivity index (χ4v) is 0.927. The van der Waals surface area contributed by atoms with E-state index in [1.165, 1.54) is 0 Å². The van der Waals surface area contributed by atoms with E-state index in [0.717, 1.165) is 5.56 Å². The van der Waals surface area contributed by atoms with E-state index in [1.54, 1.807) is 6.07 Å². The second kappa shape index (κ2) is 3.10. The van der Waals surface area contributed by atoms with Crippen LogP contribution in [0.1, 0.15) is 12.5 Å². The minimum Gasteiger partial charge on any atom is -0.397 e. The van der Waals surface area contributed by atoms with Crippen molar-refractivity contribution in [1.29, 1.82) is 0 Å². The second-order valence-corrected chi connectivity index (χ2v) is 2.35. The molecule has 0 saturated heterocycles. The number of nitrogen functional groups attached to an aromatic ring is 2. The molecule has 2 heteroatoms. The molecular formula is C9H12N2. The highest BCUT2D eigenvalue weighted by Crippen LogP contribution is 2.20. The summed E-state index contributed by atoms with van der Waals surface area (Å²) in [5, 5.41) is 0. The Morgan fingerprint density at radius 3 is 2.64 bits per heavy atom. The normalized spacial score (nSPS) is 10.6. The van der Waals surface area contributed by atoms with Crippen LogP contribution in [-0.2, 0) is 0 Å². The third-order valence-electron chi connectivity index (χ3n) is 1.52. The average molecular weight is 148 g/mol. The SMILES string of the molecule is CC=Cc1cccc(N)c1N. The van der Waals surface area contributed by atoms with Gasteiger partial charge < -0.3 is 11.5 Å². The van der Waals surface area contributed by atoms with Crippen LogP contribution >= 0.6 is 0 Å². The van der Waals surface area contributed by atoms with Crippen LogP contribution in [0.15, 0.2) is 24.3 Å². The van der Waals surface area contributed by atoms with Gasteiger partial charge in [-0.2, -0.15) is 0 Å². The molecule has 0 radical (unpaired) electrons. The Hall–Kier alpha value is -1.44. The number of para-hydroxylation sites is 1. The Kier molecular flexibility index (Phi) is 2.16. The summed E-state index contributed by atoms with van der Waals surface area (Å²) in [5.41, 5.74) is 13.6. The Morgan fingerprint density at radius 2 is 2.00 bits per heavy atom. The van der Waals surface area contributed by atoms with Crippen LogP contribution < -0.4 is 11.5 Å². The molecular weight excluding hydrogens is 136 g/mol. The van der Waals surface area contributed by atoms with E-state index in [9.17, 15) is 0 Å². The number of allylic oxidation sites excluding steroid dienone is 1. The van der Waals surface area contributed by atoms with Crippen LogP contribution in [0, 0.1) is 0 Å². The smallest absolute Gasteiger partial charge is 0.0621 e. The van der Waals surface area contributed by atoms with E-state index >= 15 is 0 Å². The van der Waals surface area contributed by atoms with E-state index in [1.807, 2.05) is 31.2 Å². The topological polar surface area (TPSA) is 52.0 Å². The van der Waals surface area contributed by atoms with E-state index < -0.39 is 0 Å². The molecule has 4 N–H and O–H groups in total. The maximum Gasteiger partial charge on any atom is 0.0621 e. The Balaban J connectivity index is 3.16. The van der Waals surface area contributed by atoms with E-state index in [-0.39, 0.29) is 0 Å². The molecule has 1 aromatic rings.